The van der Waals surface area contributed by atoms with Crippen LogP contribution in [0, 0.1) is 18.2 Å². The van der Waals surface area contributed by atoms with Crippen molar-refractivity contribution in [3.8, 4) is 0 Å². The van der Waals surface area contributed by atoms with Gasteiger partial charge in [-0.1, -0.05) is 12.1 Å². The van der Waals surface area contributed by atoms with Gasteiger partial charge in [-0.25, -0.2) is 4.39 Å². The fourth-order valence-electron chi connectivity index (χ4n) is 5.77. The molecule has 2 bridgehead atoms. The Kier molecular flexibility index (Phi) is 4.73. The molecule has 0 unspecified atom stereocenters. The minimum atomic E-state index is -0.231. The van der Waals surface area contributed by atoms with Crippen molar-refractivity contribution in [3.63, 3.8) is 0 Å². The number of carbonyl (C=O) groups is 1. The highest BCUT2D eigenvalue weighted by Crippen LogP contribution is 2.53. The molecule has 6 rings (SSSR count). The number of amides is 1. The van der Waals surface area contributed by atoms with Crippen molar-refractivity contribution in [2.75, 3.05) is 6.54 Å². The molecule has 0 saturated heterocycles. The third-order valence-corrected chi connectivity index (χ3v) is 7.92. The van der Waals surface area contributed by atoms with Gasteiger partial charge in [0.1, 0.15) is 5.82 Å². The maximum Gasteiger partial charge on any atom is 0.223 e. The van der Waals surface area contributed by atoms with Crippen molar-refractivity contribution in [2.45, 2.75) is 76.9 Å². The monoisotopic (exact) mass is 410 g/mol. The zero-order valence-corrected chi connectivity index (χ0v) is 17.8. The molecule has 2 N–H and O–H groups in total. The first kappa shape index (κ1) is 19.7. The summed E-state index contributed by atoms with van der Waals surface area (Å²) in [5.41, 5.74) is 11.1. The molecule has 160 valence electrons. The van der Waals surface area contributed by atoms with Crippen molar-refractivity contribution in [1.29, 1.82) is 0 Å². The van der Waals surface area contributed by atoms with E-state index in [0.29, 0.717) is 19.5 Å². The average molecular weight is 411 g/mol. The maximum atomic E-state index is 13.3. The molecule has 2 heterocycles. The summed E-state index contributed by atoms with van der Waals surface area (Å²) in [5, 5.41) is 4.73. The van der Waals surface area contributed by atoms with Gasteiger partial charge in [-0.15, -0.1) is 0 Å². The molecule has 6 heteroatoms. The molecule has 30 heavy (non-hydrogen) atoms. The van der Waals surface area contributed by atoms with E-state index >= 15 is 0 Å². The van der Waals surface area contributed by atoms with E-state index in [9.17, 15) is 9.18 Å². The zero-order valence-electron chi connectivity index (χ0n) is 17.8. The summed E-state index contributed by atoms with van der Waals surface area (Å²) in [6, 6.07) is 6.57. The van der Waals surface area contributed by atoms with E-state index in [1.54, 1.807) is 12.1 Å². The predicted molar refractivity (Wildman–Crippen MR) is 113 cm³/mol. The summed E-state index contributed by atoms with van der Waals surface area (Å²) in [6.07, 6.45) is 7.98. The normalized spacial score (nSPS) is 27.9. The molecule has 1 amide bonds. The number of aromatic nitrogens is 2. The highest BCUT2D eigenvalue weighted by Gasteiger charge is 2.48. The van der Waals surface area contributed by atoms with Crippen LogP contribution in [0.5, 0.6) is 0 Å². The van der Waals surface area contributed by atoms with E-state index < -0.39 is 0 Å². The number of carbonyl (C=O) groups excluding carboxylic acids is 1. The zero-order chi connectivity index (χ0) is 20.9. The summed E-state index contributed by atoms with van der Waals surface area (Å²) >= 11 is 0. The van der Waals surface area contributed by atoms with E-state index in [1.165, 1.54) is 17.7 Å². The van der Waals surface area contributed by atoms with Gasteiger partial charge in [0.05, 0.1) is 24.5 Å². The van der Waals surface area contributed by atoms with Crippen LogP contribution in [0.3, 0.4) is 0 Å². The Balaban J connectivity index is 1.31. The van der Waals surface area contributed by atoms with Gasteiger partial charge in [0.15, 0.2) is 0 Å². The summed E-state index contributed by atoms with van der Waals surface area (Å²) in [7, 11) is 0. The molecule has 2 aromatic rings. The quantitative estimate of drug-likeness (QED) is 0.836. The van der Waals surface area contributed by atoms with Gasteiger partial charge < -0.3 is 10.6 Å². The lowest BCUT2D eigenvalue weighted by molar-refractivity contribution is -0.137. The second kappa shape index (κ2) is 7.19. The minimum absolute atomic E-state index is 0.0369. The lowest BCUT2D eigenvalue weighted by atomic mass is 9.56. The Labute approximate surface area is 177 Å². The Hall–Kier alpha value is -2.21. The molecule has 3 aliphatic carbocycles. The summed E-state index contributed by atoms with van der Waals surface area (Å²) in [5.74, 6) is 0.0464. The number of rotatable bonds is 4. The Morgan fingerprint density at radius 1 is 1.13 bits per heavy atom. The second-order valence-corrected chi connectivity index (χ2v) is 9.90. The van der Waals surface area contributed by atoms with E-state index in [0.717, 1.165) is 68.4 Å². The fourth-order valence-corrected chi connectivity index (χ4v) is 5.77. The predicted octanol–water partition coefficient (Wildman–Crippen LogP) is 3.71. The number of hydrogen-bond donors (Lipinski definition) is 1. The number of nitrogens with zero attached hydrogens (tertiary/aromatic N) is 3. The molecular weight excluding hydrogens is 379 g/mol. The van der Waals surface area contributed by atoms with E-state index in [-0.39, 0.29) is 22.7 Å². The van der Waals surface area contributed by atoms with Crippen LogP contribution < -0.4 is 5.73 Å². The molecule has 0 spiro atoms. The number of aryl methyl sites for hydroxylation is 1. The molecular formula is C24H31FN4O. The van der Waals surface area contributed by atoms with Gasteiger partial charge >= 0.3 is 0 Å². The number of halogens is 1. The Morgan fingerprint density at radius 2 is 1.80 bits per heavy atom. The first-order valence-corrected chi connectivity index (χ1v) is 11.2. The summed E-state index contributed by atoms with van der Waals surface area (Å²) < 4.78 is 15.2. The Bertz CT molecular complexity index is 940. The maximum absolute atomic E-state index is 13.3. The summed E-state index contributed by atoms with van der Waals surface area (Å²) in [6.45, 7) is 4.03. The molecule has 1 aromatic heterocycles. The van der Waals surface area contributed by atoms with Crippen molar-refractivity contribution >= 4 is 5.91 Å². The second-order valence-electron chi connectivity index (χ2n) is 9.90. The van der Waals surface area contributed by atoms with Gasteiger partial charge in [-0.2, -0.15) is 5.10 Å². The molecule has 1 aromatic carbocycles. The topological polar surface area (TPSA) is 64.2 Å². The SMILES string of the molecule is Cc1nn(Cc2ccc(F)cc2)c2c1CCN(C(=O)CC13CCC(N)(CC1)CC3)C2. The number of fused-ring (bicyclic) bond motifs is 4. The smallest absolute Gasteiger partial charge is 0.223 e. The van der Waals surface area contributed by atoms with Crippen LogP contribution in [-0.4, -0.2) is 32.7 Å². The number of benzene rings is 1. The molecule has 0 atom stereocenters. The largest absolute Gasteiger partial charge is 0.336 e. The van der Waals surface area contributed by atoms with Crippen LogP contribution in [-0.2, 0) is 24.3 Å². The van der Waals surface area contributed by atoms with Crippen LogP contribution in [0.25, 0.3) is 0 Å². The molecule has 5 nitrogen and oxygen atoms in total. The first-order valence-electron chi connectivity index (χ1n) is 11.2. The molecule has 1 aliphatic heterocycles. The molecule has 4 aliphatic rings. The fraction of sp³-hybridized carbons (Fsp3) is 0.583. The van der Waals surface area contributed by atoms with E-state index in [1.807, 2.05) is 16.5 Å². The van der Waals surface area contributed by atoms with Crippen molar-refractivity contribution in [3.05, 3.63) is 52.6 Å². The van der Waals surface area contributed by atoms with Crippen molar-refractivity contribution in [2.24, 2.45) is 11.1 Å². The van der Waals surface area contributed by atoms with Crippen LogP contribution in [0.1, 0.15) is 67.5 Å². The van der Waals surface area contributed by atoms with Gasteiger partial charge in [0.25, 0.3) is 0 Å². The summed E-state index contributed by atoms with van der Waals surface area (Å²) in [4.78, 5) is 15.3. The van der Waals surface area contributed by atoms with E-state index in [4.69, 9.17) is 10.8 Å². The number of hydrogen-bond acceptors (Lipinski definition) is 3. The van der Waals surface area contributed by atoms with Gasteiger partial charge in [0.2, 0.25) is 5.91 Å². The number of nitrogens with two attached hydrogens (primary N) is 1. The first-order chi connectivity index (χ1) is 14.3. The van der Waals surface area contributed by atoms with Crippen LogP contribution in [0.15, 0.2) is 24.3 Å². The van der Waals surface area contributed by atoms with Crippen molar-refractivity contribution in [1.82, 2.24) is 14.7 Å². The third kappa shape index (κ3) is 3.55. The van der Waals surface area contributed by atoms with Crippen molar-refractivity contribution < 1.29 is 9.18 Å². The molecule has 0 radical (unpaired) electrons. The minimum Gasteiger partial charge on any atom is -0.336 e. The highest BCUT2D eigenvalue weighted by atomic mass is 19.1. The Morgan fingerprint density at radius 3 is 2.47 bits per heavy atom. The van der Waals surface area contributed by atoms with Crippen LogP contribution in [0.2, 0.25) is 0 Å². The van der Waals surface area contributed by atoms with E-state index in [2.05, 4.69) is 0 Å². The highest BCUT2D eigenvalue weighted by molar-refractivity contribution is 5.77. The molecule has 3 saturated carbocycles. The standard InChI is InChI=1S/C24H31FN4O/c1-17-20-6-13-28(22(30)14-23-7-10-24(26,11-8-23)12-9-23)16-21(20)29(27-17)15-18-2-4-19(25)5-3-18/h2-5H,6-16,26H2,1H3. The average Bonchev–Trinajstić information content (AvgIpc) is 3.06. The molecule has 3 fully saturated rings. The van der Waals surface area contributed by atoms with Crippen LogP contribution >= 0.6 is 0 Å². The van der Waals surface area contributed by atoms with Gasteiger partial charge in [0, 0.05) is 18.5 Å². The lowest BCUT2D eigenvalue weighted by Gasteiger charge is -2.52. The third-order valence-electron chi connectivity index (χ3n) is 7.92. The van der Waals surface area contributed by atoms with Gasteiger partial charge in [-0.3, -0.25) is 9.48 Å². The van der Waals surface area contributed by atoms with Gasteiger partial charge in [-0.05, 0) is 80.5 Å². The van der Waals surface area contributed by atoms with Crippen LogP contribution in [0.4, 0.5) is 4.39 Å². The lowest BCUT2D eigenvalue weighted by Crippen LogP contribution is -2.53.